The summed E-state index contributed by atoms with van der Waals surface area (Å²) in [6.07, 6.45) is 7.33. The van der Waals surface area contributed by atoms with E-state index in [1.807, 2.05) is 34.9 Å². The van der Waals surface area contributed by atoms with Gasteiger partial charge in [-0.3, -0.25) is 4.40 Å². The third kappa shape index (κ3) is 4.66. The Morgan fingerprint density at radius 1 is 1.19 bits per heavy atom. The molecule has 8 nitrogen and oxygen atoms in total. The number of rotatable bonds is 9. The van der Waals surface area contributed by atoms with Crippen LogP contribution in [0.3, 0.4) is 0 Å². The van der Waals surface area contributed by atoms with Gasteiger partial charge in [0.25, 0.3) is 10.0 Å². The first kappa shape index (κ1) is 21.2. The lowest BCUT2D eigenvalue weighted by Crippen LogP contribution is -2.14. The number of sulfonamides is 1. The largest absolute Gasteiger partial charge is 0.345 e. The van der Waals surface area contributed by atoms with Crippen LogP contribution < -0.4 is 0 Å². The van der Waals surface area contributed by atoms with Crippen molar-refractivity contribution in [1.29, 1.82) is 0 Å². The molecule has 4 rings (SSSR count). The monoisotopic (exact) mass is 438 g/mol. The molecule has 1 N–H and O–H groups in total. The molecule has 0 amide bonds. The van der Waals surface area contributed by atoms with E-state index >= 15 is 0 Å². The van der Waals surface area contributed by atoms with E-state index in [-0.39, 0.29) is 11.7 Å². The minimum Gasteiger partial charge on any atom is -0.345 e. The van der Waals surface area contributed by atoms with Gasteiger partial charge in [-0.1, -0.05) is 50.6 Å². The number of hydrogen-bond donors (Lipinski definition) is 1. The highest BCUT2D eigenvalue weighted by Gasteiger charge is 2.24. The standard InChI is InChI=1S/C22H26N6O2S/c1-3-16(2)18(10-7-12-25-31(29,30)15-17-8-5-4-6-9-17)22-27-26-20-14-24-21-19(28(20)22)11-13-23-21/h4-6,8-9,11-14,16,18,23H,3,7,10,15H2,1-2H3/b25-12+/t16-,18+/m1/s1. The van der Waals surface area contributed by atoms with Crippen molar-refractivity contribution >= 4 is 33.0 Å². The van der Waals surface area contributed by atoms with E-state index < -0.39 is 10.0 Å². The minimum absolute atomic E-state index is 0.0909. The van der Waals surface area contributed by atoms with Crippen LogP contribution in [0.4, 0.5) is 0 Å². The fraction of sp³-hybridized carbons (Fsp3) is 0.364. The van der Waals surface area contributed by atoms with Crippen molar-refractivity contribution < 1.29 is 8.42 Å². The first-order valence-corrected chi connectivity index (χ1v) is 12.1. The summed E-state index contributed by atoms with van der Waals surface area (Å²) in [7, 11) is -3.54. The topological polar surface area (TPSA) is 105 Å². The second-order valence-corrected chi connectivity index (χ2v) is 9.45. The van der Waals surface area contributed by atoms with Gasteiger partial charge < -0.3 is 4.98 Å². The van der Waals surface area contributed by atoms with E-state index in [0.29, 0.717) is 18.0 Å². The summed E-state index contributed by atoms with van der Waals surface area (Å²) in [5, 5.41) is 8.78. The van der Waals surface area contributed by atoms with E-state index in [1.54, 1.807) is 18.3 Å². The summed E-state index contributed by atoms with van der Waals surface area (Å²) >= 11 is 0. The van der Waals surface area contributed by atoms with Gasteiger partial charge in [-0.25, -0.2) is 13.4 Å². The Kier molecular flexibility index (Phi) is 6.13. The molecule has 0 aliphatic rings. The molecule has 0 bridgehead atoms. The van der Waals surface area contributed by atoms with Crippen LogP contribution >= 0.6 is 0 Å². The molecule has 2 atom stereocenters. The second kappa shape index (κ2) is 8.97. The molecular weight excluding hydrogens is 412 g/mol. The van der Waals surface area contributed by atoms with Crippen LogP contribution in [0.5, 0.6) is 0 Å². The van der Waals surface area contributed by atoms with Crippen molar-refractivity contribution in [3.63, 3.8) is 0 Å². The highest BCUT2D eigenvalue weighted by molar-refractivity contribution is 7.89. The number of aromatic nitrogens is 5. The summed E-state index contributed by atoms with van der Waals surface area (Å²) < 4.78 is 30.6. The van der Waals surface area contributed by atoms with Crippen molar-refractivity contribution in [3.8, 4) is 0 Å². The fourth-order valence-electron chi connectivity index (χ4n) is 3.83. The number of H-pyrrole nitrogens is 1. The zero-order chi connectivity index (χ0) is 21.8. The molecular formula is C22H26N6O2S. The third-order valence-electron chi connectivity index (χ3n) is 5.66. The maximum atomic E-state index is 12.3. The van der Waals surface area contributed by atoms with Crippen LogP contribution in [0.2, 0.25) is 0 Å². The molecule has 0 saturated carbocycles. The lowest BCUT2D eigenvalue weighted by atomic mass is 9.87. The number of nitrogens with one attached hydrogen (secondary N) is 1. The van der Waals surface area contributed by atoms with Crippen molar-refractivity contribution in [2.45, 2.75) is 44.8 Å². The molecule has 162 valence electrons. The van der Waals surface area contributed by atoms with E-state index in [1.165, 1.54) is 6.21 Å². The van der Waals surface area contributed by atoms with Crippen molar-refractivity contribution in [3.05, 3.63) is 60.2 Å². The molecule has 0 aliphatic carbocycles. The number of benzene rings is 1. The SMILES string of the molecule is CC[C@@H](C)[C@H](CC/C=N/S(=O)(=O)Cc1ccccc1)c1nnc2cnc3[nH]ccc3n12. The van der Waals surface area contributed by atoms with Gasteiger partial charge in [-0.05, 0) is 30.4 Å². The van der Waals surface area contributed by atoms with Gasteiger partial charge in [0.15, 0.2) is 11.3 Å². The normalized spacial score (nSPS) is 14.5. The fourth-order valence-corrected chi connectivity index (χ4v) is 4.85. The maximum Gasteiger partial charge on any atom is 0.256 e. The predicted octanol–water partition coefficient (Wildman–Crippen LogP) is 4.12. The van der Waals surface area contributed by atoms with Gasteiger partial charge in [0.1, 0.15) is 5.82 Å². The molecule has 4 aromatic rings. The predicted molar refractivity (Wildman–Crippen MR) is 122 cm³/mol. The molecule has 0 unspecified atom stereocenters. The lowest BCUT2D eigenvalue weighted by molar-refractivity contribution is 0.410. The van der Waals surface area contributed by atoms with Gasteiger partial charge in [-0.15, -0.1) is 10.2 Å². The van der Waals surface area contributed by atoms with Gasteiger partial charge in [0.2, 0.25) is 0 Å². The Balaban J connectivity index is 1.53. The molecule has 0 radical (unpaired) electrons. The Hall–Kier alpha value is -3.07. The summed E-state index contributed by atoms with van der Waals surface area (Å²) in [6, 6.07) is 11.1. The van der Waals surface area contributed by atoms with Gasteiger partial charge in [0.05, 0.1) is 17.5 Å². The molecule has 31 heavy (non-hydrogen) atoms. The molecule has 0 spiro atoms. The first-order chi connectivity index (χ1) is 15.0. The summed E-state index contributed by atoms with van der Waals surface area (Å²) in [5.74, 6) is 1.25. The minimum atomic E-state index is -3.54. The van der Waals surface area contributed by atoms with E-state index in [0.717, 1.165) is 35.4 Å². The first-order valence-electron chi connectivity index (χ1n) is 10.5. The van der Waals surface area contributed by atoms with Crippen molar-refractivity contribution in [1.82, 2.24) is 24.6 Å². The molecule has 3 aromatic heterocycles. The third-order valence-corrected chi connectivity index (χ3v) is 6.83. The summed E-state index contributed by atoms with van der Waals surface area (Å²) in [6.45, 7) is 4.33. The smallest absolute Gasteiger partial charge is 0.256 e. The van der Waals surface area contributed by atoms with Crippen molar-refractivity contribution in [2.75, 3.05) is 0 Å². The number of hydrogen-bond acceptors (Lipinski definition) is 5. The molecule has 0 saturated heterocycles. The van der Waals surface area contributed by atoms with Crippen molar-refractivity contribution in [2.24, 2.45) is 10.3 Å². The molecule has 3 heterocycles. The zero-order valence-corrected chi connectivity index (χ0v) is 18.5. The molecule has 1 aromatic carbocycles. The average molecular weight is 439 g/mol. The van der Waals surface area contributed by atoms with Gasteiger partial charge in [-0.2, -0.15) is 4.40 Å². The van der Waals surface area contributed by atoms with Crippen LogP contribution in [0.1, 0.15) is 50.4 Å². The van der Waals surface area contributed by atoms with Crippen LogP contribution in [0.25, 0.3) is 16.8 Å². The Morgan fingerprint density at radius 2 is 2.00 bits per heavy atom. The summed E-state index contributed by atoms with van der Waals surface area (Å²) in [5.41, 5.74) is 3.15. The molecule has 9 heteroatoms. The zero-order valence-electron chi connectivity index (χ0n) is 17.6. The van der Waals surface area contributed by atoms with E-state index in [4.69, 9.17) is 0 Å². The van der Waals surface area contributed by atoms with E-state index in [9.17, 15) is 8.42 Å². The summed E-state index contributed by atoms with van der Waals surface area (Å²) in [4.78, 5) is 7.50. The number of nitrogens with zero attached hydrogens (tertiary/aromatic N) is 5. The number of fused-ring (bicyclic) bond motifs is 3. The van der Waals surface area contributed by atoms with E-state index in [2.05, 4.69) is 38.4 Å². The van der Waals surface area contributed by atoms with Crippen LogP contribution in [-0.2, 0) is 15.8 Å². The quantitative estimate of drug-likeness (QED) is 0.396. The molecule has 0 aliphatic heterocycles. The average Bonchev–Trinajstić information content (AvgIpc) is 3.40. The second-order valence-electron chi connectivity index (χ2n) is 7.79. The van der Waals surface area contributed by atoms with Crippen LogP contribution in [0.15, 0.2) is 53.2 Å². The Labute approximate surface area is 181 Å². The van der Waals surface area contributed by atoms with Gasteiger partial charge >= 0.3 is 0 Å². The maximum absolute atomic E-state index is 12.3. The van der Waals surface area contributed by atoms with Crippen LogP contribution in [0, 0.1) is 5.92 Å². The Bertz CT molecular complexity index is 1290. The van der Waals surface area contributed by atoms with Crippen LogP contribution in [-0.4, -0.2) is 39.2 Å². The lowest BCUT2D eigenvalue weighted by Gasteiger charge is -2.21. The van der Waals surface area contributed by atoms with Gasteiger partial charge in [0, 0.05) is 18.3 Å². The molecule has 0 fully saturated rings. The Morgan fingerprint density at radius 3 is 2.77 bits per heavy atom. The highest BCUT2D eigenvalue weighted by Crippen LogP contribution is 2.31. The number of aromatic amines is 1. The highest BCUT2D eigenvalue weighted by atomic mass is 32.2.